The number of hydrogen-bond acceptors (Lipinski definition) is 6. The lowest BCUT2D eigenvalue weighted by Gasteiger charge is -2.20. The van der Waals surface area contributed by atoms with Crippen molar-refractivity contribution >= 4 is 0 Å². The zero-order valence-corrected chi connectivity index (χ0v) is 12.7. The van der Waals surface area contributed by atoms with Gasteiger partial charge in [0.1, 0.15) is 5.69 Å². The highest BCUT2D eigenvalue weighted by atomic mass is 19.4. The quantitative estimate of drug-likeness (QED) is 0.731. The molecule has 3 heterocycles. The monoisotopic (exact) mass is 335 g/mol. The Labute approximate surface area is 134 Å². The average molecular weight is 335 g/mol. The van der Waals surface area contributed by atoms with Crippen LogP contribution in [0.5, 0.6) is 0 Å². The molecule has 3 aromatic heterocycles. The normalized spacial score (nSPS) is 12.4. The Morgan fingerprint density at radius 3 is 2.50 bits per heavy atom. The van der Waals surface area contributed by atoms with Gasteiger partial charge in [0.25, 0.3) is 0 Å². The standard InChI is InChI=1S/C15H12F3N5O/c1-14(2,11-7-9(3-4-21-11)15(16,17)18)13-22-12(23-24-13)10-8-19-5-6-20-10/h3-8H,1-2H3. The van der Waals surface area contributed by atoms with E-state index in [4.69, 9.17) is 4.52 Å². The van der Waals surface area contributed by atoms with Crippen LogP contribution in [-0.2, 0) is 11.6 Å². The SMILES string of the molecule is CC(C)(c1cc(C(F)(F)F)ccn1)c1nc(-c2cnccn2)no1. The lowest BCUT2D eigenvalue weighted by Crippen LogP contribution is -2.22. The molecule has 0 radical (unpaired) electrons. The van der Waals surface area contributed by atoms with Crippen molar-refractivity contribution in [1.82, 2.24) is 25.1 Å². The molecule has 0 aliphatic heterocycles. The van der Waals surface area contributed by atoms with Crippen LogP contribution >= 0.6 is 0 Å². The minimum atomic E-state index is -4.45. The van der Waals surface area contributed by atoms with Gasteiger partial charge >= 0.3 is 6.18 Å². The number of rotatable bonds is 3. The van der Waals surface area contributed by atoms with Gasteiger partial charge in [0.2, 0.25) is 11.7 Å². The molecule has 3 rings (SSSR count). The number of alkyl halides is 3. The zero-order chi connectivity index (χ0) is 17.4. The van der Waals surface area contributed by atoms with Gasteiger partial charge in [-0.3, -0.25) is 9.97 Å². The van der Waals surface area contributed by atoms with Gasteiger partial charge in [-0.1, -0.05) is 5.16 Å². The van der Waals surface area contributed by atoms with Gasteiger partial charge in [-0.15, -0.1) is 0 Å². The van der Waals surface area contributed by atoms with E-state index in [1.807, 2.05) is 0 Å². The van der Waals surface area contributed by atoms with Crippen LogP contribution in [-0.4, -0.2) is 25.1 Å². The smallest absolute Gasteiger partial charge is 0.338 e. The van der Waals surface area contributed by atoms with Gasteiger partial charge in [-0.05, 0) is 26.0 Å². The molecule has 0 atom stereocenters. The summed E-state index contributed by atoms with van der Waals surface area (Å²) in [5, 5.41) is 3.81. The maximum Gasteiger partial charge on any atom is 0.416 e. The Morgan fingerprint density at radius 1 is 1.04 bits per heavy atom. The van der Waals surface area contributed by atoms with Crippen molar-refractivity contribution in [3.8, 4) is 11.5 Å². The maximum atomic E-state index is 12.9. The molecule has 0 saturated carbocycles. The van der Waals surface area contributed by atoms with E-state index in [0.29, 0.717) is 5.69 Å². The molecular formula is C15H12F3N5O. The molecule has 0 fully saturated rings. The third kappa shape index (κ3) is 2.97. The van der Waals surface area contributed by atoms with Gasteiger partial charge in [-0.25, -0.2) is 4.98 Å². The Morgan fingerprint density at radius 2 is 1.83 bits per heavy atom. The third-order valence-corrected chi connectivity index (χ3v) is 3.48. The van der Waals surface area contributed by atoms with E-state index in [-0.39, 0.29) is 17.4 Å². The molecule has 0 N–H and O–H groups in total. The van der Waals surface area contributed by atoms with Gasteiger partial charge in [0.15, 0.2) is 0 Å². The van der Waals surface area contributed by atoms with Crippen molar-refractivity contribution in [3.63, 3.8) is 0 Å². The van der Waals surface area contributed by atoms with E-state index in [9.17, 15) is 13.2 Å². The summed E-state index contributed by atoms with van der Waals surface area (Å²) in [4.78, 5) is 16.2. The lowest BCUT2D eigenvalue weighted by atomic mass is 9.88. The molecule has 3 aromatic rings. The molecule has 0 unspecified atom stereocenters. The zero-order valence-electron chi connectivity index (χ0n) is 12.7. The molecule has 0 aromatic carbocycles. The summed E-state index contributed by atoms with van der Waals surface area (Å²) in [5.41, 5.74) is -1.21. The molecule has 0 saturated heterocycles. The van der Waals surface area contributed by atoms with E-state index in [0.717, 1.165) is 18.3 Å². The predicted octanol–water partition coefficient (Wildman–Crippen LogP) is 3.27. The number of aromatic nitrogens is 5. The van der Waals surface area contributed by atoms with Crippen molar-refractivity contribution in [2.24, 2.45) is 0 Å². The topological polar surface area (TPSA) is 77.6 Å². The summed E-state index contributed by atoms with van der Waals surface area (Å²) < 4.78 is 43.9. The van der Waals surface area contributed by atoms with Crippen LogP contribution in [0, 0.1) is 0 Å². The van der Waals surface area contributed by atoms with Crippen LogP contribution in [0.3, 0.4) is 0 Å². The summed E-state index contributed by atoms with van der Waals surface area (Å²) in [5.74, 6) is 0.341. The van der Waals surface area contributed by atoms with Gasteiger partial charge in [0.05, 0.1) is 22.9 Å². The third-order valence-electron chi connectivity index (χ3n) is 3.48. The first-order valence-corrected chi connectivity index (χ1v) is 6.93. The summed E-state index contributed by atoms with van der Waals surface area (Å²) in [6.45, 7) is 3.31. The summed E-state index contributed by atoms with van der Waals surface area (Å²) >= 11 is 0. The molecule has 0 spiro atoms. The first kappa shape index (κ1) is 16.0. The predicted molar refractivity (Wildman–Crippen MR) is 76.7 cm³/mol. The molecule has 0 bridgehead atoms. The van der Waals surface area contributed by atoms with E-state index < -0.39 is 17.2 Å². The van der Waals surface area contributed by atoms with Gasteiger partial charge in [-0.2, -0.15) is 18.2 Å². The molecule has 0 amide bonds. The number of nitrogens with zero attached hydrogens (tertiary/aromatic N) is 5. The fourth-order valence-electron chi connectivity index (χ4n) is 2.05. The van der Waals surface area contributed by atoms with Crippen molar-refractivity contribution in [2.75, 3.05) is 0 Å². The Hall–Kier alpha value is -2.84. The van der Waals surface area contributed by atoms with Gasteiger partial charge in [0, 0.05) is 18.6 Å². The lowest BCUT2D eigenvalue weighted by molar-refractivity contribution is -0.137. The van der Waals surface area contributed by atoms with Crippen LogP contribution in [0.1, 0.15) is 31.0 Å². The highest BCUT2D eigenvalue weighted by molar-refractivity contribution is 5.46. The molecule has 124 valence electrons. The number of pyridine rings is 1. The summed E-state index contributed by atoms with van der Waals surface area (Å²) in [6, 6.07) is 1.89. The Kier molecular flexibility index (Phi) is 3.78. The van der Waals surface area contributed by atoms with E-state index >= 15 is 0 Å². The van der Waals surface area contributed by atoms with Crippen LogP contribution in [0.4, 0.5) is 13.2 Å². The number of hydrogen-bond donors (Lipinski definition) is 0. The number of halogens is 3. The fraction of sp³-hybridized carbons (Fsp3) is 0.267. The Balaban J connectivity index is 1.98. The van der Waals surface area contributed by atoms with Crippen molar-refractivity contribution < 1.29 is 17.7 Å². The highest BCUT2D eigenvalue weighted by Gasteiger charge is 2.36. The second kappa shape index (κ2) is 5.66. The van der Waals surface area contributed by atoms with Gasteiger partial charge < -0.3 is 4.52 Å². The minimum absolute atomic E-state index is 0.134. The summed E-state index contributed by atoms with van der Waals surface area (Å²) in [6.07, 6.45) is 1.10. The van der Waals surface area contributed by atoms with Crippen LogP contribution < -0.4 is 0 Å². The van der Waals surface area contributed by atoms with Crippen LogP contribution in [0.15, 0.2) is 41.4 Å². The Bertz CT molecular complexity index is 846. The van der Waals surface area contributed by atoms with Crippen molar-refractivity contribution in [1.29, 1.82) is 0 Å². The highest BCUT2D eigenvalue weighted by Crippen LogP contribution is 2.34. The van der Waals surface area contributed by atoms with Crippen molar-refractivity contribution in [3.05, 3.63) is 54.1 Å². The van der Waals surface area contributed by atoms with Crippen LogP contribution in [0.25, 0.3) is 11.5 Å². The maximum absolute atomic E-state index is 12.9. The summed E-state index contributed by atoms with van der Waals surface area (Å²) in [7, 11) is 0. The average Bonchev–Trinajstić information content (AvgIpc) is 3.06. The van der Waals surface area contributed by atoms with E-state index in [1.54, 1.807) is 13.8 Å². The van der Waals surface area contributed by atoms with E-state index in [2.05, 4.69) is 25.1 Å². The molecule has 24 heavy (non-hydrogen) atoms. The minimum Gasteiger partial charge on any atom is -0.338 e. The second-order valence-electron chi connectivity index (χ2n) is 5.57. The van der Waals surface area contributed by atoms with E-state index in [1.165, 1.54) is 18.6 Å². The molecule has 0 aliphatic rings. The first-order chi connectivity index (χ1) is 11.3. The van der Waals surface area contributed by atoms with Crippen molar-refractivity contribution in [2.45, 2.75) is 25.4 Å². The molecule has 9 heteroatoms. The molecular weight excluding hydrogens is 323 g/mol. The van der Waals surface area contributed by atoms with Crippen LogP contribution in [0.2, 0.25) is 0 Å². The molecule has 0 aliphatic carbocycles. The fourth-order valence-corrected chi connectivity index (χ4v) is 2.05. The molecule has 6 nitrogen and oxygen atoms in total. The largest absolute Gasteiger partial charge is 0.416 e. The second-order valence-corrected chi connectivity index (χ2v) is 5.57. The first-order valence-electron chi connectivity index (χ1n) is 6.93.